The highest BCUT2D eigenvalue weighted by Gasteiger charge is 2.50. The Labute approximate surface area is 208 Å². The van der Waals surface area contributed by atoms with Crippen molar-refractivity contribution in [1.29, 1.82) is 0 Å². The van der Waals surface area contributed by atoms with Gasteiger partial charge >= 0.3 is 17.8 Å². The van der Waals surface area contributed by atoms with Gasteiger partial charge in [0.15, 0.2) is 0 Å². The van der Waals surface area contributed by atoms with Gasteiger partial charge in [0, 0.05) is 30.1 Å². The van der Waals surface area contributed by atoms with E-state index in [1.807, 2.05) is 13.8 Å². The van der Waals surface area contributed by atoms with E-state index in [1.165, 1.54) is 17.0 Å². The van der Waals surface area contributed by atoms with Gasteiger partial charge in [0.05, 0.1) is 12.2 Å². The second-order valence-electron chi connectivity index (χ2n) is 9.50. The lowest BCUT2D eigenvalue weighted by Gasteiger charge is -2.27. The molecule has 7 nitrogen and oxygen atoms in total. The highest BCUT2D eigenvalue weighted by molar-refractivity contribution is 6.06. The molecule has 10 heteroatoms. The van der Waals surface area contributed by atoms with Gasteiger partial charge in [0.1, 0.15) is 16.9 Å². The summed E-state index contributed by atoms with van der Waals surface area (Å²) in [5.41, 5.74) is -2.59. The molecule has 1 saturated heterocycles. The van der Waals surface area contributed by atoms with Crippen molar-refractivity contribution in [2.24, 2.45) is 0 Å². The van der Waals surface area contributed by atoms with Crippen LogP contribution in [0.5, 0.6) is 5.75 Å². The highest BCUT2D eigenvalue weighted by atomic mass is 19.4. The maximum Gasteiger partial charge on any atom is 0.417 e. The zero-order chi connectivity index (χ0) is 26.7. The first kappa shape index (κ1) is 27.5. The lowest BCUT2D eigenvalue weighted by molar-refractivity contribution is -0.136. The molecule has 0 radical (unpaired) electrons. The molecule has 36 heavy (non-hydrogen) atoms. The van der Waals surface area contributed by atoms with Crippen molar-refractivity contribution in [2.75, 3.05) is 19.7 Å². The molecule has 0 atom stereocenters. The summed E-state index contributed by atoms with van der Waals surface area (Å²) in [6.07, 6.45) is -0.979. The smallest absolute Gasteiger partial charge is 0.417 e. The summed E-state index contributed by atoms with van der Waals surface area (Å²) in [5.74, 6) is 0.186. The number of benzene rings is 1. The van der Waals surface area contributed by atoms with Crippen LogP contribution >= 0.6 is 0 Å². The third kappa shape index (κ3) is 5.52. The number of carbonyl (C=O) groups excluding carboxylic acids is 2. The van der Waals surface area contributed by atoms with Crippen LogP contribution in [0.25, 0.3) is 11.0 Å². The Hall–Kier alpha value is -3.04. The molecule has 0 bridgehead atoms. The van der Waals surface area contributed by atoms with E-state index in [0.717, 1.165) is 6.42 Å². The van der Waals surface area contributed by atoms with Crippen LogP contribution in [0, 0.1) is 0 Å². The number of urea groups is 1. The number of rotatable bonds is 11. The van der Waals surface area contributed by atoms with E-state index in [0.29, 0.717) is 69.2 Å². The molecule has 0 unspecified atom stereocenters. The Morgan fingerprint density at radius 3 is 2.36 bits per heavy atom. The van der Waals surface area contributed by atoms with Gasteiger partial charge < -0.3 is 14.1 Å². The quantitative estimate of drug-likeness (QED) is 0.218. The second-order valence-corrected chi connectivity index (χ2v) is 9.50. The van der Waals surface area contributed by atoms with Crippen LogP contribution in [-0.4, -0.2) is 47.0 Å². The summed E-state index contributed by atoms with van der Waals surface area (Å²) in [6.45, 7) is 8.49. The number of hydrogen-bond acceptors (Lipinski definition) is 5. The Morgan fingerprint density at radius 1 is 1.00 bits per heavy atom. The molecule has 0 N–H and O–H groups in total. The first-order valence-corrected chi connectivity index (χ1v) is 12.4. The lowest BCUT2D eigenvalue weighted by Crippen LogP contribution is -2.44. The topological polar surface area (TPSA) is 80.1 Å². The summed E-state index contributed by atoms with van der Waals surface area (Å²) in [7, 11) is 0. The van der Waals surface area contributed by atoms with Crippen molar-refractivity contribution in [3.8, 4) is 5.75 Å². The fourth-order valence-corrected chi connectivity index (χ4v) is 4.56. The normalized spacial score (nSPS) is 15.9. The summed E-state index contributed by atoms with van der Waals surface area (Å²) in [4.78, 5) is 40.1. The molecule has 0 spiro atoms. The van der Waals surface area contributed by atoms with E-state index in [2.05, 4.69) is 0 Å². The predicted molar refractivity (Wildman–Crippen MR) is 129 cm³/mol. The van der Waals surface area contributed by atoms with Crippen LogP contribution in [-0.2, 0) is 17.4 Å². The SMILES string of the molecule is CCCc1c(OCCCCCN2C(=O)N(CCC)C(C)(C)C2=O)ccc2c(C(F)(F)F)cc(=O)oc12. The van der Waals surface area contributed by atoms with E-state index in [-0.39, 0.29) is 22.9 Å². The number of carbonyl (C=O) groups is 2. The Balaban J connectivity index is 1.63. The van der Waals surface area contributed by atoms with Gasteiger partial charge in [-0.3, -0.25) is 9.69 Å². The maximum absolute atomic E-state index is 13.4. The van der Waals surface area contributed by atoms with Crippen molar-refractivity contribution < 1.29 is 31.9 Å². The number of aryl methyl sites for hydroxylation is 1. The number of halogens is 3. The van der Waals surface area contributed by atoms with Gasteiger partial charge in [-0.25, -0.2) is 9.59 Å². The molecule has 1 aliphatic heterocycles. The Kier molecular flexibility index (Phi) is 8.36. The van der Waals surface area contributed by atoms with E-state index in [9.17, 15) is 27.6 Å². The van der Waals surface area contributed by atoms with Crippen LogP contribution in [0.3, 0.4) is 0 Å². The molecule has 0 aliphatic carbocycles. The summed E-state index contributed by atoms with van der Waals surface area (Å²) < 4.78 is 51.4. The molecule has 1 aromatic carbocycles. The highest BCUT2D eigenvalue weighted by Crippen LogP contribution is 2.37. The lowest BCUT2D eigenvalue weighted by atomic mass is 10.0. The molecule has 0 saturated carbocycles. The Bertz CT molecular complexity index is 1170. The minimum Gasteiger partial charge on any atom is -0.493 e. The molecular formula is C26H33F3N2O5. The largest absolute Gasteiger partial charge is 0.493 e. The van der Waals surface area contributed by atoms with Crippen molar-refractivity contribution in [3.63, 3.8) is 0 Å². The average Bonchev–Trinajstić information content (AvgIpc) is 2.96. The fourth-order valence-electron chi connectivity index (χ4n) is 4.56. The van der Waals surface area contributed by atoms with Gasteiger partial charge in [0.25, 0.3) is 5.91 Å². The molecule has 1 aliphatic rings. The molecule has 1 aromatic heterocycles. The van der Waals surface area contributed by atoms with E-state index in [4.69, 9.17) is 9.15 Å². The minimum absolute atomic E-state index is 0.0977. The van der Waals surface area contributed by atoms with Gasteiger partial charge in [0.2, 0.25) is 0 Å². The summed E-state index contributed by atoms with van der Waals surface area (Å²) >= 11 is 0. The van der Waals surface area contributed by atoms with Gasteiger partial charge in [-0.05, 0) is 58.1 Å². The molecule has 1 fully saturated rings. The van der Waals surface area contributed by atoms with Crippen molar-refractivity contribution >= 4 is 22.9 Å². The molecule has 3 rings (SSSR count). The second kappa shape index (κ2) is 10.9. The van der Waals surface area contributed by atoms with Crippen molar-refractivity contribution in [3.05, 3.63) is 39.7 Å². The van der Waals surface area contributed by atoms with Gasteiger partial charge in [-0.15, -0.1) is 0 Å². The standard InChI is InChI=1S/C26H33F3N2O5/c1-5-10-18-20(12-11-17-19(26(27,28)29)16-21(32)36-22(17)18)35-15-9-7-8-14-30-23(33)25(3,4)31(13-6-2)24(30)34/h11-12,16H,5-10,13-15H2,1-4H3. The monoisotopic (exact) mass is 510 g/mol. The fraction of sp³-hybridized carbons (Fsp3) is 0.577. The number of imide groups is 1. The zero-order valence-corrected chi connectivity index (χ0v) is 21.2. The molecule has 198 valence electrons. The van der Waals surface area contributed by atoms with Gasteiger partial charge in [-0.2, -0.15) is 13.2 Å². The van der Waals surface area contributed by atoms with E-state index >= 15 is 0 Å². The molecular weight excluding hydrogens is 477 g/mol. The van der Waals surface area contributed by atoms with Gasteiger partial charge in [-0.1, -0.05) is 20.3 Å². The average molecular weight is 511 g/mol. The van der Waals surface area contributed by atoms with Crippen LogP contribution in [0.4, 0.5) is 18.0 Å². The summed E-state index contributed by atoms with van der Waals surface area (Å²) in [6, 6.07) is 2.96. The minimum atomic E-state index is -4.68. The predicted octanol–water partition coefficient (Wildman–Crippen LogP) is 5.77. The number of alkyl halides is 3. The number of nitrogens with zero attached hydrogens (tertiary/aromatic N) is 2. The van der Waals surface area contributed by atoms with E-state index in [1.54, 1.807) is 18.7 Å². The zero-order valence-electron chi connectivity index (χ0n) is 21.2. The number of hydrogen-bond donors (Lipinski definition) is 0. The van der Waals surface area contributed by atoms with Crippen molar-refractivity contribution in [2.45, 2.75) is 77.9 Å². The summed E-state index contributed by atoms with van der Waals surface area (Å²) in [5, 5.41) is -0.169. The number of ether oxygens (including phenoxy) is 1. The number of amides is 3. The van der Waals surface area contributed by atoms with Crippen LogP contribution < -0.4 is 10.4 Å². The van der Waals surface area contributed by atoms with Crippen LogP contribution in [0.2, 0.25) is 0 Å². The van der Waals surface area contributed by atoms with E-state index < -0.39 is 22.9 Å². The molecule has 3 amide bonds. The first-order chi connectivity index (χ1) is 16.9. The third-order valence-electron chi connectivity index (χ3n) is 6.41. The Morgan fingerprint density at radius 2 is 1.72 bits per heavy atom. The van der Waals surface area contributed by atoms with Crippen LogP contribution in [0.1, 0.15) is 70.9 Å². The maximum atomic E-state index is 13.4. The first-order valence-electron chi connectivity index (χ1n) is 12.4. The number of unbranched alkanes of at least 4 members (excludes halogenated alkanes) is 2. The van der Waals surface area contributed by atoms with Crippen LogP contribution in [0.15, 0.2) is 27.4 Å². The number of fused-ring (bicyclic) bond motifs is 1. The third-order valence-corrected chi connectivity index (χ3v) is 6.41. The van der Waals surface area contributed by atoms with Crippen molar-refractivity contribution in [1.82, 2.24) is 9.80 Å². The molecule has 2 aromatic rings. The molecule has 2 heterocycles.